The van der Waals surface area contributed by atoms with E-state index in [1.54, 1.807) is 7.11 Å². The monoisotopic (exact) mass is 506 g/mol. The largest absolute Gasteiger partial charge is 0.492 e. The zero-order chi connectivity index (χ0) is 25.9. The van der Waals surface area contributed by atoms with Gasteiger partial charge in [0.2, 0.25) is 17.7 Å². The number of ether oxygens (including phenoxy) is 2. The molecule has 1 aliphatic heterocycles. The zero-order valence-electron chi connectivity index (χ0n) is 21.7. The van der Waals surface area contributed by atoms with Crippen molar-refractivity contribution < 1.29 is 23.8 Å². The fourth-order valence-electron chi connectivity index (χ4n) is 5.27. The molecule has 0 amide bonds. The molecule has 9 nitrogen and oxygen atoms in total. The fraction of sp³-hybridized carbons (Fsp3) is 0.500. The number of aliphatic carboxylic acids is 1. The van der Waals surface area contributed by atoms with Crippen LogP contribution in [0.25, 0.3) is 22.9 Å². The van der Waals surface area contributed by atoms with E-state index in [4.69, 9.17) is 19.0 Å². The summed E-state index contributed by atoms with van der Waals surface area (Å²) in [7, 11) is 1.62. The Morgan fingerprint density at radius 3 is 2.46 bits per heavy atom. The van der Waals surface area contributed by atoms with Gasteiger partial charge in [0, 0.05) is 48.4 Å². The first-order valence-corrected chi connectivity index (χ1v) is 13.1. The predicted molar refractivity (Wildman–Crippen MR) is 138 cm³/mol. The molecule has 37 heavy (non-hydrogen) atoms. The third kappa shape index (κ3) is 5.46. The molecule has 0 unspecified atom stereocenters. The van der Waals surface area contributed by atoms with Crippen molar-refractivity contribution in [3.05, 3.63) is 41.1 Å². The normalized spacial score (nSPS) is 16.6. The van der Waals surface area contributed by atoms with Gasteiger partial charge in [-0.05, 0) is 55.5 Å². The number of carbonyl (C=O) groups is 1. The van der Waals surface area contributed by atoms with Gasteiger partial charge in [0.15, 0.2) is 0 Å². The Morgan fingerprint density at radius 2 is 1.81 bits per heavy atom. The van der Waals surface area contributed by atoms with Crippen LogP contribution in [0.2, 0.25) is 0 Å². The molecule has 5 rings (SSSR count). The first-order chi connectivity index (χ1) is 17.9. The molecule has 0 spiro atoms. The predicted octanol–water partition coefficient (Wildman–Crippen LogP) is 4.73. The van der Waals surface area contributed by atoms with Crippen molar-refractivity contribution in [2.75, 3.05) is 33.4 Å². The molecule has 1 aromatic carbocycles. The van der Waals surface area contributed by atoms with Crippen LogP contribution in [0.4, 0.5) is 0 Å². The average molecular weight is 507 g/mol. The van der Waals surface area contributed by atoms with Crippen LogP contribution in [-0.2, 0) is 11.2 Å². The molecule has 1 aliphatic carbocycles. The van der Waals surface area contributed by atoms with Crippen molar-refractivity contribution in [2.45, 2.75) is 51.9 Å². The Hall–Kier alpha value is -3.46. The first-order valence-electron chi connectivity index (χ1n) is 13.1. The molecule has 2 aliphatic rings. The number of hydrogen-bond acceptors (Lipinski definition) is 8. The van der Waals surface area contributed by atoms with Crippen LogP contribution in [0.1, 0.15) is 55.3 Å². The van der Waals surface area contributed by atoms with Crippen molar-refractivity contribution >= 4 is 5.97 Å². The quantitative estimate of drug-likeness (QED) is 0.417. The van der Waals surface area contributed by atoms with E-state index in [-0.39, 0.29) is 5.92 Å². The van der Waals surface area contributed by atoms with Gasteiger partial charge in [-0.15, -0.1) is 10.2 Å². The zero-order valence-corrected chi connectivity index (χ0v) is 21.7. The Morgan fingerprint density at radius 1 is 1.11 bits per heavy atom. The highest BCUT2D eigenvalue weighted by Crippen LogP contribution is 2.37. The lowest BCUT2D eigenvalue weighted by atomic mass is 10.0. The SMILES string of the molecule is CCc1cc(-c2nnc(-c3cc(OC)nc(C4CCCC4)c3)o2)cc(C)c1OCCN1CC(C(=O)O)C1. The van der Waals surface area contributed by atoms with Crippen molar-refractivity contribution in [2.24, 2.45) is 5.92 Å². The van der Waals surface area contributed by atoms with Crippen LogP contribution in [0.15, 0.2) is 28.7 Å². The van der Waals surface area contributed by atoms with Crippen LogP contribution in [-0.4, -0.2) is 64.5 Å². The van der Waals surface area contributed by atoms with Gasteiger partial charge in [0.1, 0.15) is 12.4 Å². The number of hydrogen-bond donors (Lipinski definition) is 1. The standard InChI is InChI=1S/C28H34N4O5/c1-4-18-12-20(11-17(2)25(18)36-10-9-32-15-22(16-32)28(33)34)26-30-31-27(37-26)21-13-23(19-7-5-6-8-19)29-24(14-21)35-3/h11-14,19,22H,4-10,15-16H2,1-3H3,(H,33,34). The van der Waals surface area contributed by atoms with Crippen molar-refractivity contribution in [3.63, 3.8) is 0 Å². The van der Waals surface area contributed by atoms with Crippen molar-refractivity contribution in [1.82, 2.24) is 20.1 Å². The number of rotatable bonds is 10. The molecular formula is C28H34N4O5. The van der Waals surface area contributed by atoms with E-state index in [0.29, 0.717) is 49.8 Å². The maximum absolute atomic E-state index is 11.0. The summed E-state index contributed by atoms with van der Waals surface area (Å²) in [4.78, 5) is 17.8. The molecule has 0 radical (unpaired) electrons. The highest BCUT2D eigenvalue weighted by atomic mass is 16.5. The van der Waals surface area contributed by atoms with Gasteiger partial charge < -0.3 is 19.0 Å². The summed E-state index contributed by atoms with van der Waals surface area (Å²) in [5, 5.41) is 17.7. The lowest BCUT2D eigenvalue weighted by molar-refractivity contribution is -0.147. The van der Waals surface area contributed by atoms with E-state index in [1.165, 1.54) is 12.8 Å². The van der Waals surface area contributed by atoms with Gasteiger partial charge in [-0.1, -0.05) is 19.8 Å². The van der Waals surface area contributed by atoms with Gasteiger partial charge >= 0.3 is 5.97 Å². The minimum atomic E-state index is -0.724. The van der Waals surface area contributed by atoms with Gasteiger partial charge in [-0.2, -0.15) is 0 Å². The molecule has 9 heteroatoms. The summed E-state index contributed by atoms with van der Waals surface area (Å²) in [5.74, 6) is 1.78. The van der Waals surface area contributed by atoms with E-state index in [2.05, 4.69) is 27.0 Å². The summed E-state index contributed by atoms with van der Waals surface area (Å²) in [5.41, 5.74) is 4.75. The Bertz CT molecular complexity index is 1260. The summed E-state index contributed by atoms with van der Waals surface area (Å²) < 4.78 is 17.7. The third-order valence-corrected chi connectivity index (χ3v) is 7.42. The Balaban J connectivity index is 1.31. The van der Waals surface area contributed by atoms with Gasteiger partial charge in [0.25, 0.3) is 0 Å². The molecule has 1 saturated carbocycles. The summed E-state index contributed by atoms with van der Waals surface area (Å²) in [6.07, 6.45) is 5.53. The van der Waals surface area contributed by atoms with E-state index in [9.17, 15) is 4.79 Å². The van der Waals surface area contributed by atoms with E-state index < -0.39 is 5.97 Å². The van der Waals surface area contributed by atoms with Crippen LogP contribution in [0, 0.1) is 12.8 Å². The number of methoxy groups -OCH3 is 1. The number of carboxylic acids is 1. The second kappa shape index (κ2) is 10.9. The summed E-state index contributed by atoms with van der Waals surface area (Å²) in [6, 6.07) is 7.94. The van der Waals surface area contributed by atoms with Crippen LogP contribution < -0.4 is 9.47 Å². The molecule has 0 bridgehead atoms. The highest BCUT2D eigenvalue weighted by Gasteiger charge is 2.32. The van der Waals surface area contributed by atoms with Gasteiger partial charge in [-0.3, -0.25) is 9.69 Å². The fourth-order valence-corrected chi connectivity index (χ4v) is 5.27. The maximum atomic E-state index is 11.0. The van der Waals surface area contributed by atoms with Crippen molar-refractivity contribution in [3.8, 4) is 34.5 Å². The van der Waals surface area contributed by atoms with Crippen LogP contribution in [0.5, 0.6) is 11.6 Å². The van der Waals surface area contributed by atoms with Crippen LogP contribution >= 0.6 is 0 Å². The second-order valence-corrected chi connectivity index (χ2v) is 9.99. The first kappa shape index (κ1) is 25.2. The van der Waals surface area contributed by atoms with Gasteiger partial charge in [-0.25, -0.2) is 4.98 Å². The smallest absolute Gasteiger partial charge is 0.309 e. The Kier molecular flexibility index (Phi) is 7.41. The molecule has 3 heterocycles. The van der Waals surface area contributed by atoms with E-state index in [1.807, 2.05) is 31.2 Å². The number of benzene rings is 1. The van der Waals surface area contributed by atoms with Crippen molar-refractivity contribution in [1.29, 1.82) is 0 Å². The molecule has 2 fully saturated rings. The molecule has 0 atom stereocenters. The number of nitrogens with zero attached hydrogens (tertiary/aromatic N) is 4. The number of pyridine rings is 1. The minimum Gasteiger partial charge on any atom is -0.492 e. The molecule has 1 N–H and O–H groups in total. The molecule has 2 aromatic heterocycles. The molecular weight excluding hydrogens is 472 g/mol. The Labute approximate surface area is 216 Å². The second-order valence-electron chi connectivity index (χ2n) is 9.99. The number of aromatic nitrogens is 3. The van der Waals surface area contributed by atoms with Gasteiger partial charge in [0.05, 0.1) is 13.0 Å². The summed E-state index contributed by atoms with van der Waals surface area (Å²) >= 11 is 0. The average Bonchev–Trinajstić information content (AvgIpc) is 3.58. The lowest BCUT2D eigenvalue weighted by Gasteiger charge is -2.36. The number of likely N-dealkylation sites (tertiary alicyclic amines) is 1. The molecule has 196 valence electrons. The van der Waals surface area contributed by atoms with E-state index in [0.717, 1.165) is 53.0 Å². The highest BCUT2D eigenvalue weighted by molar-refractivity contribution is 5.71. The van der Waals surface area contributed by atoms with E-state index >= 15 is 0 Å². The summed E-state index contributed by atoms with van der Waals surface area (Å²) in [6.45, 7) is 6.49. The molecule has 3 aromatic rings. The number of carboxylic acid groups (broad SMARTS) is 1. The lowest BCUT2D eigenvalue weighted by Crippen LogP contribution is -2.51. The number of aryl methyl sites for hydroxylation is 2. The minimum absolute atomic E-state index is 0.256. The molecule has 1 saturated heterocycles. The maximum Gasteiger partial charge on any atom is 0.309 e. The topological polar surface area (TPSA) is 111 Å². The van der Waals surface area contributed by atoms with Crippen LogP contribution in [0.3, 0.4) is 0 Å². The third-order valence-electron chi connectivity index (χ3n) is 7.42.